The molecule has 0 aliphatic carbocycles. The normalized spacial score (nSPS) is 15.5. The van der Waals surface area contributed by atoms with Gasteiger partial charge in [0.05, 0.1) is 12.0 Å². The summed E-state index contributed by atoms with van der Waals surface area (Å²) in [6.07, 6.45) is 2.38. The Morgan fingerprint density at radius 3 is 2.41 bits per heavy atom. The molecule has 2 aromatic carbocycles. The molecule has 1 heterocycles. The van der Waals surface area contributed by atoms with E-state index in [0.29, 0.717) is 5.69 Å². The predicted octanol–water partition coefficient (Wildman–Crippen LogP) is 3.36. The molecule has 29 heavy (non-hydrogen) atoms. The molecule has 1 fully saturated rings. The summed E-state index contributed by atoms with van der Waals surface area (Å²) < 4.78 is 25.5. The lowest BCUT2D eigenvalue weighted by atomic mass is 9.99. The summed E-state index contributed by atoms with van der Waals surface area (Å²) >= 11 is 0. The molecule has 0 spiro atoms. The number of hydroxylamine groups is 1. The molecule has 1 aliphatic heterocycles. The molecule has 3 rings (SSSR count). The van der Waals surface area contributed by atoms with Crippen molar-refractivity contribution in [1.82, 2.24) is 4.47 Å². The molecule has 2 aromatic rings. The van der Waals surface area contributed by atoms with Crippen LogP contribution in [0.4, 0.5) is 11.4 Å². The number of hydrogen-bond donors (Lipinski definition) is 1. The lowest BCUT2D eigenvalue weighted by Crippen LogP contribution is -2.32. The van der Waals surface area contributed by atoms with Gasteiger partial charge in [0.25, 0.3) is 15.9 Å². The maximum absolute atomic E-state index is 12.6. The van der Waals surface area contributed by atoms with E-state index < -0.39 is 10.0 Å². The molecule has 1 aliphatic rings. The number of amides is 1. The third kappa shape index (κ3) is 4.95. The van der Waals surface area contributed by atoms with E-state index in [1.165, 1.54) is 45.2 Å². The van der Waals surface area contributed by atoms with Crippen molar-refractivity contribution in [3.8, 4) is 0 Å². The van der Waals surface area contributed by atoms with Gasteiger partial charge >= 0.3 is 0 Å². The van der Waals surface area contributed by atoms with Crippen molar-refractivity contribution in [1.29, 1.82) is 0 Å². The fourth-order valence-electron chi connectivity index (χ4n) is 3.27. The number of nitrogens with zero attached hydrogens (tertiary/aromatic N) is 2. The van der Waals surface area contributed by atoms with Crippen molar-refractivity contribution in [2.45, 2.75) is 24.7 Å². The smallest absolute Gasteiger partial charge is 0.264 e. The molecule has 156 valence electrons. The van der Waals surface area contributed by atoms with E-state index in [2.05, 4.69) is 17.1 Å². The van der Waals surface area contributed by atoms with Gasteiger partial charge in [-0.2, -0.15) is 0 Å². The fourth-order valence-corrected chi connectivity index (χ4v) is 4.29. The third-order valence-corrected chi connectivity index (χ3v) is 6.94. The van der Waals surface area contributed by atoms with Gasteiger partial charge in [-0.05, 0) is 61.2 Å². The van der Waals surface area contributed by atoms with E-state index in [4.69, 9.17) is 4.84 Å². The number of piperidine rings is 1. The molecule has 0 unspecified atom stereocenters. The van der Waals surface area contributed by atoms with E-state index in [1.807, 2.05) is 24.3 Å². The zero-order valence-electron chi connectivity index (χ0n) is 17.0. The molecule has 0 bridgehead atoms. The zero-order valence-corrected chi connectivity index (χ0v) is 17.8. The average Bonchev–Trinajstić information content (AvgIpc) is 2.74. The first-order valence-electron chi connectivity index (χ1n) is 9.60. The van der Waals surface area contributed by atoms with Crippen molar-refractivity contribution in [2.75, 3.05) is 37.5 Å². The van der Waals surface area contributed by atoms with E-state index in [1.54, 1.807) is 6.07 Å². The van der Waals surface area contributed by atoms with Crippen molar-refractivity contribution >= 4 is 27.3 Å². The van der Waals surface area contributed by atoms with Crippen LogP contribution in [0.25, 0.3) is 0 Å². The Bertz CT molecular complexity index is 952. The van der Waals surface area contributed by atoms with Crippen molar-refractivity contribution in [3.05, 3.63) is 54.1 Å². The van der Waals surface area contributed by atoms with E-state index in [-0.39, 0.29) is 16.4 Å². The largest absolute Gasteiger partial charge is 0.372 e. The molecular weight excluding hydrogens is 390 g/mol. The second-order valence-corrected chi connectivity index (χ2v) is 9.23. The van der Waals surface area contributed by atoms with Gasteiger partial charge in [0, 0.05) is 37.1 Å². The minimum Gasteiger partial charge on any atom is -0.372 e. The molecular formula is C21H27N3O4S. The maximum Gasteiger partial charge on any atom is 0.264 e. The monoisotopic (exact) mass is 417 g/mol. The van der Waals surface area contributed by atoms with Crippen LogP contribution in [0, 0.1) is 5.92 Å². The van der Waals surface area contributed by atoms with E-state index in [9.17, 15) is 13.2 Å². The molecule has 7 nitrogen and oxygen atoms in total. The molecule has 1 saturated heterocycles. The van der Waals surface area contributed by atoms with Gasteiger partial charge in [0.15, 0.2) is 0 Å². The van der Waals surface area contributed by atoms with E-state index >= 15 is 0 Å². The highest BCUT2D eigenvalue weighted by molar-refractivity contribution is 7.89. The molecule has 0 aromatic heterocycles. The summed E-state index contributed by atoms with van der Waals surface area (Å²) in [6.45, 7) is 4.37. The third-order valence-electron chi connectivity index (χ3n) is 5.26. The summed E-state index contributed by atoms with van der Waals surface area (Å²) in [6, 6.07) is 13.6. The van der Waals surface area contributed by atoms with Crippen molar-refractivity contribution < 1.29 is 18.0 Å². The minimum absolute atomic E-state index is 0.0100. The molecule has 8 heteroatoms. The maximum atomic E-state index is 12.6. The number of sulfonamides is 1. The summed E-state index contributed by atoms with van der Waals surface area (Å²) in [7, 11) is -1.25. The lowest BCUT2D eigenvalue weighted by Gasteiger charge is -2.32. The van der Waals surface area contributed by atoms with Crippen LogP contribution in [0.3, 0.4) is 0 Å². The van der Waals surface area contributed by atoms with Gasteiger partial charge in [-0.3, -0.25) is 9.63 Å². The first-order valence-corrected chi connectivity index (χ1v) is 11.0. The van der Waals surface area contributed by atoms with Crippen molar-refractivity contribution in [3.63, 3.8) is 0 Å². The lowest BCUT2D eigenvalue weighted by molar-refractivity contribution is -0.0258. The standard InChI is InChI=1S/C21H27N3O4S/c1-16-11-13-24(14-12-16)19-9-7-18(8-10-19)22-21(25)17-5-4-6-20(15-17)29(26,27)23(2)28-3/h4-10,15-16H,11-14H2,1-3H3,(H,22,25). The summed E-state index contributed by atoms with van der Waals surface area (Å²) in [5.41, 5.74) is 2.06. The van der Waals surface area contributed by atoms with E-state index in [0.717, 1.165) is 29.2 Å². The van der Waals surface area contributed by atoms with Crippen LogP contribution in [-0.2, 0) is 14.9 Å². The topological polar surface area (TPSA) is 78.9 Å². The number of anilines is 2. The predicted molar refractivity (Wildman–Crippen MR) is 113 cm³/mol. The van der Waals surface area contributed by atoms with Crippen LogP contribution < -0.4 is 10.2 Å². The van der Waals surface area contributed by atoms with Crippen LogP contribution in [0.1, 0.15) is 30.1 Å². The van der Waals surface area contributed by atoms with Gasteiger partial charge in [0.2, 0.25) is 0 Å². The Labute approximate surface area is 172 Å². The zero-order chi connectivity index (χ0) is 21.0. The highest BCUT2D eigenvalue weighted by atomic mass is 32.2. The summed E-state index contributed by atoms with van der Waals surface area (Å²) in [4.78, 5) is 19.7. The summed E-state index contributed by atoms with van der Waals surface area (Å²) in [5, 5.41) is 2.82. The van der Waals surface area contributed by atoms with Crippen LogP contribution in [-0.4, -0.2) is 46.0 Å². The quantitative estimate of drug-likeness (QED) is 0.729. The highest BCUT2D eigenvalue weighted by Gasteiger charge is 2.22. The van der Waals surface area contributed by atoms with Gasteiger partial charge in [-0.25, -0.2) is 8.42 Å². The second-order valence-electron chi connectivity index (χ2n) is 7.30. The molecule has 1 amide bonds. The van der Waals surface area contributed by atoms with Crippen LogP contribution >= 0.6 is 0 Å². The van der Waals surface area contributed by atoms with Gasteiger partial charge < -0.3 is 10.2 Å². The number of rotatable bonds is 6. The second kappa shape index (κ2) is 8.94. The Kier molecular flexibility index (Phi) is 6.56. The number of carbonyl (C=O) groups excluding carboxylic acids is 1. The van der Waals surface area contributed by atoms with Crippen LogP contribution in [0.5, 0.6) is 0 Å². The number of hydrogen-bond acceptors (Lipinski definition) is 5. The first-order chi connectivity index (χ1) is 13.8. The Hall–Kier alpha value is -2.42. The van der Waals surface area contributed by atoms with Gasteiger partial charge in [-0.15, -0.1) is 0 Å². The van der Waals surface area contributed by atoms with Gasteiger partial charge in [-0.1, -0.05) is 17.5 Å². The number of nitrogens with one attached hydrogen (secondary N) is 1. The van der Waals surface area contributed by atoms with Crippen molar-refractivity contribution in [2.24, 2.45) is 5.92 Å². The highest BCUT2D eigenvalue weighted by Crippen LogP contribution is 2.24. The summed E-state index contributed by atoms with van der Waals surface area (Å²) in [5.74, 6) is 0.398. The number of benzene rings is 2. The molecule has 0 saturated carbocycles. The Balaban J connectivity index is 1.70. The van der Waals surface area contributed by atoms with Crippen LogP contribution in [0.2, 0.25) is 0 Å². The first kappa shape index (κ1) is 21.3. The molecule has 1 N–H and O–H groups in total. The minimum atomic E-state index is -3.81. The molecule has 0 radical (unpaired) electrons. The SMILES string of the molecule is CON(C)S(=O)(=O)c1cccc(C(=O)Nc2ccc(N3CCC(C)CC3)cc2)c1. The molecule has 0 atom stereocenters. The Morgan fingerprint density at radius 2 is 1.79 bits per heavy atom. The average molecular weight is 418 g/mol. The fraction of sp³-hybridized carbons (Fsp3) is 0.381. The Morgan fingerprint density at radius 1 is 1.14 bits per heavy atom. The van der Waals surface area contributed by atoms with Gasteiger partial charge in [0.1, 0.15) is 0 Å². The number of carbonyl (C=O) groups is 1. The van der Waals surface area contributed by atoms with Crippen LogP contribution in [0.15, 0.2) is 53.4 Å².